The van der Waals surface area contributed by atoms with Gasteiger partial charge >= 0.3 is 0 Å². The summed E-state index contributed by atoms with van der Waals surface area (Å²) < 4.78 is 13.3. The van der Waals surface area contributed by atoms with E-state index in [1.165, 1.54) is 17.7 Å². The van der Waals surface area contributed by atoms with E-state index in [4.69, 9.17) is 0 Å². The molecule has 0 bridgehead atoms. The lowest BCUT2D eigenvalue weighted by Crippen LogP contribution is -2.53. The maximum Gasteiger partial charge on any atom is 0.123 e. The lowest BCUT2D eigenvalue weighted by molar-refractivity contribution is 0.183. The fraction of sp³-hybridized carbons (Fsp3) is 0.480. The Morgan fingerprint density at radius 1 is 0.875 bits per heavy atom. The van der Waals surface area contributed by atoms with Gasteiger partial charge < -0.3 is 15.6 Å². The second-order valence-corrected chi connectivity index (χ2v) is 7.33. The number of piperazine rings is 1. The highest BCUT2D eigenvalue weighted by Gasteiger charge is 2.32. The number of hydrogen-bond donors (Lipinski definition) is 3. The third-order valence-electron chi connectivity index (χ3n) is 4.52. The number of hydrazine groups is 1. The molecule has 1 aromatic heterocycles. The van der Waals surface area contributed by atoms with E-state index in [1.54, 1.807) is 24.5 Å². The van der Waals surface area contributed by atoms with Crippen molar-refractivity contribution in [1.29, 1.82) is 0 Å². The number of aromatic nitrogens is 1. The summed E-state index contributed by atoms with van der Waals surface area (Å²) >= 11 is 0. The lowest BCUT2D eigenvalue weighted by Gasteiger charge is -2.33. The first-order valence-electron chi connectivity index (χ1n) is 11.5. The predicted octanol–water partition coefficient (Wildman–Crippen LogP) is 3.66. The third-order valence-corrected chi connectivity index (χ3v) is 4.52. The number of pyridine rings is 1. The predicted molar refractivity (Wildman–Crippen MR) is 134 cm³/mol. The molecule has 0 spiro atoms. The van der Waals surface area contributed by atoms with Crippen molar-refractivity contribution in [2.75, 3.05) is 47.3 Å². The minimum absolute atomic E-state index is 0.0783. The molecule has 6 nitrogen and oxygen atoms in total. The zero-order chi connectivity index (χ0) is 23.9. The van der Waals surface area contributed by atoms with Crippen LogP contribution >= 0.6 is 0 Å². The number of benzene rings is 1. The van der Waals surface area contributed by atoms with Crippen LogP contribution in [0, 0.1) is 5.82 Å². The highest BCUT2D eigenvalue weighted by atomic mass is 19.1. The smallest absolute Gasteiger partial charge is 0.123 e. The van der Waals surface area contributed by atoms with Gasteiger partial charge in [0.1, 0.15) is 12.0 Å². The molecule has 3 heterocycles. The molecule has 4 rings (SSSR count). The van der Waals surface area contributed by atoms with E-state index in [0.717, 1.165) is 43.0 Å². The molecule has 3 N–H and O–H groups in total. The Kier molecular flexibility index (Phi) is 13.4. The first-order chi connectivity index (χ1) is 15.6. The summed E-state index contributed by atoms with van der Waals surface area (Å²) in [5, 5.41) is 3.38. The van der Waals surface area contributed by atoms with Gasteiger partial charge in [-0.2, -0.15) is 0 Å². The fourth-order valence-electron chi connectivity index (χ4n) is 3.31. The Morgan fingerprint density at radius 3 is 1.94 bits per heavy atom. The molecule has 32 heavy (non-hydrogen) atoms. The maximum atomic E-state index is 13.3. The molecule has 0 saturated carbocycles. The highest BCUT2D eigenvalue weighted by Crippen LogP contribution is 2.32. The zero-order valence-electron chi connectivity index (χ0n) is 20.7. The summed E-state index contributed by atoms with van der Waals surface area (Å²) in [6, 6.07) is 10.6. The van der Waals surface area contributed by atoms with Crippen molar-refractivity contribution >= 4 is 11.3 Å². The van der Waals surface area contributed by atoms with E-state index < -0.39 is 0 Å². The number of halogens is 1. The van der Waals surface area contributed by atoms with Gasteiger partial charge in [0, 0.05) is 44.1 Å². The van der Waals surface area contributed by atoms with Gasteiger partial charge in [-0.05, 0) is 68.7 Å². The summed E-state index contributed by atoms with van der Waals surface area (Å²) in [4.78, 5) is 8.54. The van der Waals surface area contributed by atoms with E-state index in [9.17, 15) is 4.39 Å². The van der Waals surface area contributed by atoms with Crippen molar-refractivity contribution in [3.05, 3.63) is 65.7 Å². The largest absolute Gasteiger partial charge is 0.319 e. The van der Waals surface area contributed by atoms with Crippen molar-refractivity contribution in [2.24, 2.45) is 0 Å². The maximum absolute atomic E-state index is 13.3. The van der Waals surface area contributed by atoms with Crippen molar-refractivity contribution in [1.82, 2.24) is 31.0 Å². The average molecular weight is 445 g/mol. The van der Waals surface area contributed by atoms with Gasteiger partial charge in [0.15, 0.2) is 0 Å². The molecule has 0 radical (unpaired) electrons. The van der Waals surface area contributed by atoms with Gasteiger partial charge in [-0.25, -0.2) is 9.82 Å². The highest BCUT2D eigenvalue weighted by molar-refractivity contribution is 5.93. The van der Waals surface area contributed by atoms with Crippen LogP contribution < -0.4 is 16.2 Å². The van der Waals surface area contributed by atoms with Crippen LogP contribution in [0.15, 0.2) is 48.8 Å². The second kappa shape index (κ2) is 15.5. The number of nitrogens with zero attached hydrogens (tertiary/aromatic N) is 3. The van der Waals surface area contributed by atoms with Crippen molar-refractivity contribution in [2.45, 2.75) is 33.9 Å². The SMILES string of the molecule is CC.CC.CN(C)C.Fc1ccc(C2=C(c3ccncc3)C(N3CCNCC3)NN2)cc1. The van der Waals surface area contributed by atoms with Crippen LogP contribution in [-0.4, -0.2) is 68.3 Å². The zero-order valence-corrected chi connectivity index (χ0v) is 20.7. The monoisotopic (exact) mass is 444 g/mol. The third kappa shape index (κ3) is 8.31. The van der Waals surface area contributed by atoms with E-state index in [-0.39, 0.29) is 12.0 Å². The van der Waals surface area contributed by atoms with E-state index in [2.05, 4.69) is 26.1 Å². The van der Waals surface area contributed by atoms with E-state index >= 15 is 0 Å². The molecule has 0 amide bonds. The number of rotatable bonds is 3. The minimum Gasteiger partial charge on any atom is -0.319 e. The van der Waals surface area contributed by atoms with Crippen LogP contribution in [0.3, 0.4) is 0 Å². The fourth-order valence-corrected chi connectivity index (χ4v) is 3.31. The van der Waals surface area contributed by atoms with Gasteiger partial charge in [0.25, 0.3) is 0 Å². The summed E-state index contributed by atoms with van der Waals surface area (Å²) in [5.41, 5.74) is 11.0. The van der Waals surface area contributed by atoms with Crippen LogP contribution in [0.4, 0.5) is 4.39 Å². The quantitative estimate of drug-likeness (QED) is 0.672. The molecule has 1 aromatic carbocycles. The molecule has 7 heteroatoms. The number of nitrogens with one attached hydrogen (secondary N) is 3. The van der Waals surface area contributed by atoms with Gasteiger partial charge in [-0.15, -0.1) is 0 Å². The van der Waals surface area contributed by atoms with Gasteiger partial charge in [0.05, 0.1) is 5.70 Å². The molecule has 1 saturated heterocycles. The van der Waals surface area contributed by atoms with Gasteiger partial charge in [-0.1, -0.05) is 27.7 Å². The molecule has 1 unspecified atom stereocenters. The lowest BCUT2D eigenvalue weighted by atomic mass is 9.98. The Hall–Kier alpha value is -2.32. The van der Waals surface area contributed by atoms with Crippen LogP contribution in [0.5, 0.6) is 0 Å². The molecule has 0 aliphatic carbocycles. The van der Waals surface area contributed by atoms with Crippen LogP contribution in [0.25, 0.3) is 11.3 Å². The molecule has 178 valence electrons. The Morgan fingerprint density at radius 2 is 1.41 bits per heavy atom. The molecule has 2 aromatic rings. The Labute approximate surface area is 193 Å². The standard InChI is InChI=1S/C18H20FN5.C3H9N.2C2H6/c19-15-3-1-14(2-4-15)17-16(13-5-7-20-8-6-13)18(23-22-17)24-11-9-21-10-12-24;1-4(2)3;2*1-2/h1-8,18,21-23H,9-12H2;1-3H3;2*1-2H3. The van der Waals surface area contributed by atoms with Crippen molar-refractivity contribution < 1.29 is 4.39 Å². The summed E-state index contributed by atoms with van der Waals surface area (Å²) in [6.45, 7) is 11.9. The van der Waals surface area contributed by atoms with Crippen LogP contribution in [0.2, 0.25) is 0 Å². The summed E-state index contributed by atoms with van der Waals surface area (Å²) in [6.07, 6.45) is 3.68. The van der Waals surface area contributed by atoms with Crippen LogP contribution in [-0.2, 0) is 0 Å². The van der Waals surface area contributed by atoms with Gasteiger partial charge in [-0.3, -0.25) is 9.88 Å². The molecule has 2 aliphatic heterocycles. The Bertz CT molecular complexity index is 768. The Balaban J connectivity index is 0.000000568. The summed E-state index contributed by atoms with van der Waals surface area (Å²) in [7, 11) is 6.00. The van der Waals surface area contributed by atoms with E-state index in [1.807, 2.05) is 65.9 Å². The molecule has 1 fully saturated rings. The van der Waals surface area contributed by atoms with E-state index in [0.29, 0.717) is 0 Å². The summed E-state index contributed by atoms with van der Waals surface area (Å²) in [5.74, 6) is -0.227. The van der Waals surface area contributed by atoms with Crippen molar-refractivity contribution in [3.8, 4) is 0 Å². The van der Waals surface area contributed by atoms with Crippen molar-refractivity contribution in [3.63, 3.8) is 0 Å². The normalized spacial score (nSPS) is 17.8. The minimum atomic E-state index is -0.227. The molecular weight excluding hydrogens is 403 g/mol. The molecular formula is C25H41FN6. The topological polar surface area (TPSA) is 55.5 Å². The molecule has 1 atom stereocenters. The van der Waals surface area contributed by atoms with Crippen LogP contribution in [0.1, 0.15) is 38.8 Å². The molecule has 2 aliphatic rings. The first kappa shape index (κ1) is 27.7. The average Bonchev–Trinajstić information content (AvgIpc) is 3.28. The van der Waals surface area contributed by atoms with Gasteiger partial charge in [0.2, 0.25) is 0 Å². The number of hydrogen-bond acceptors (Lipinski definition) is 6. The second-order valence-electron chi connectivity index (χ2n) is 7.33. The first-order valence-corrected chi connectivity index (χ1v) is 11.5.